The summed E-state index contributed by atoms with van der Waals surface area (Å²) < 4.78 is 29.8. The Labute approximate surface area is 205 Å². The van der Waals surface area contributed by atoms with E-state index in [1.54, 1.807) is 23.7 Å². The minimum atomic E-state index is -3.90. The number of aliphatic hydroxyl groups is 1. The van der Waals surface area contributed by atoms with Crippen LogP contribution in [0.2, 0.25) is 5.02 Å². The maximum atomic E-state index is 13.4. The van der Waals surface area contributed by atoms with E-state index in [0.717, 1.165) is 17.6 Å². The first-order valence-electron chi connectivity index (χ1n) is 11.3. The Kier molecular flexibility index (Phi) is 9.10. The van der Waals surface area contributed by atoms with Crippen LogP contribution in [0.3, 0.4) is 0 Å². The van der Waals surface area contributed by atoms with Crippen LogP contribution < -0.4 is 4.80 Å². The van der Waals surface area contributed by atoms with Gasteiger partial charge >= 0.3 is 0 Å². The molecule has 1 aromatic carbocycles. The molecule has 1 unspecified atom stereocenters. The average molecular weight is 516 g/mol. The summed E-state index contributed by atoms with van der Waals surface area (Å²) in [6.45, 7) is 2.33. The molecular weight excluding hydrogens is 482 g/mol. The third-order valence-corrected chi connectivity index (χ3v) is 9.28. The smallest absolute Gasteiger partial charge is 0.244 e. The highest BCUT2D eigenvalue weighted by Crippen LogP contribution is 2.34. The van der Waals surface area contributed by atoms with Gasteiger partial charge in [0.15, 0.2) is 0 Å². The highest BCUT2D eigenvalue weighted by Gasteiger charge is 2.29. The molecule has 0 aliphatic heterocycles. The number of sulfonamides is 1. The Balaban J connectivity index is 1.93. The van der Waals surface area contributed by atoms with Crippen molar-refractivity contribution in [1.82, 2.24) is 19.0 Å². The maximum absolute atomic E-state index is 13.4. The van der Waals surface area contributed by atoms with Crippen molar-refractivity contribution < 1.29 is 13.5 Å². The molecule has 11 heteroatoms. The molecule has 0 amide bonds. The predicted molar refractivity (Wildman–Crippen MR) is 133 cm³/mol. The first-order valence-corrected chi connectivity index (χ1v) is 14.0. The number of benzene rings is 1. The third-order valence-electron chi connectivity index (χ3n) is 5.73. The molecule has 1 aromatic heterocycles. The Hall–Kier alpha value is -1.30. The molecule has 3 rings (SSSR count). The molecule has 1 fully saturated rings. The number of likely N-dealkylation sites (N-methyl/N-ethyl adjacent to an activating group) is 2. The van der Waals surface area contributed by atoms with Crippen LogP contribution in [0.5, 0.6) is 0 Å². The van der Waals surface area contributed by atoms with E-state index in [4.69, 9.17) is 16.6 Å². The second-order valence-electron chi connectivity index (χ2n) is 8.72. The summed E-state index contributed by atoms with van der Waals surface area (Å²) in [4.78, 5) is 7.52. The topological polar surface area (TPSA) is 91.0 Å². The summed E-state index contributed by atoms with van der Waals surface area (Å²) in [5.41, 5.74) is 0.563. The Morgan fingerprint density at radius 1 is 1.27 bits per heavy atom. The molecule has 0 saturated heterocycles. The van der Waals surface area contributed by atoms with E-state index in [9.17, 15) is 13.5 Å². The lowest BCUT2D eigenvalue weighted by Gasteiger charge is -2.25. The molecule has 8 nitrogen and oxygen atoms in total. The van der Waals surface area contributed by atoms with Crippen LogP contribution in [0, 0.1) is 0 Å². The van der Waals surface area contributed by atoms with E-state index in [2.05, 4.69) is 5.10 Å². The molecule has 1 aliphatic rings. The second kappa shape index (κ2) is 11.4. The summed E-state index contributed by atoms with van der Waals surface area (Å²) in [5, 5.41) is 15.6. The first kappa shape index (κ1) is 26.3. The standard InChI is InChI=1S/C22H34ClN5O3S2/c1-5-28(15-17(29)14-26(2)3)33(30,31)19-13-9-12-18(20(19)23)21-25-27(4)22(32-21)24-16-10-7-6-8-11-16/h9,12-13,16-17,29H,5-8,10-11,14-15H2,1-4H3. The van der Waals surface area contributed by atoms with Gasteiger partial charge in [-0.25, -0.2) is 13.1 Å². The molecule has 2 aromatic rings. The average Bonchev–Trinajstić information content (AvgIpc) is 3.12. The molecule has 184 valence electrons. The monoisotopic (exact) mass is 515 g/mol. The molecule has 1 saturated carbocycles. The van der Waals surface area contributed by atoms with Gasteiger partial charge in [0.05, 0.1) is 17.2 Å². The third kappa shape index (κ3) is 6.43. The molecule has 1 aliphatic carbocycles. The fourth-order valence-corrected chi connectivity index (χ4v) is 7.19. The second-order valence-corrected chi connectivity index (χ2v) is 12.0. The van der Waals surface area contributed by atoms with E-state index < -0.39 is 16.1 Å². The van der Waals surface area contributed by atoms with Gasteiger partial charge in [-0.2, -0.15) is 9.40 Å². The van der Waals surface area contributed by atoms with Crippen molar-refractivity contribution in [3.8, 4) is 10.6 Å². The van der Waals surface area contributed by atoms with E-state index in [1.807, 2.05) is 26.0 Å². The Morgan fingerprint density at radius 2 is 1.97 bits per heavy atom. The quantitative estimate of drug-likeness (QED) is 0.554. The molecule has 0 bridgehead atoms. The Morgan fingerprint density at radius 3 is 2.61 bits per heavy atom. The van der Waals surface area contributed by atoms with E-state index in [-0.39, 0.29) is 23.0 Å². The van der Waals surface area contributed by atoms with Gasteiger partial charge in [0.25, 0.3) is 0 Å². The zero-order valence-corrected chi connectivity index (χ0v) is 22.1. The molecule has 33 heavy (non-hydrogen) atoms. The van der Waals surface area contributed by atoms with Gasteiger partial charge in [-0.3, -0.25) is 4.99 Å². The van der Waals surface area contributed by atoms with Gasteiger partial charge in [0.2, 0.25) is 14.8 Å². The normalized spacial score (nSPS) is 17.3. The number of hydrogen-bond acceptors (Lipinski definition) is 7. The summed E-state index contributed by atoms with van der Waals surface area (Å²) in [5.74, 6) is 0. The number of hydrogen-bond donors (Lipinski definition) is 1. The van der Waals surface area contributed by atoms with Crippen LogP contribution >= 0.6 is 22.9 Å². The highest BCUT2D eigenvalue weighted by molar-refractivity contribution is 7.89. The SMILES string of the molecule is CCN(CC(O)CN(C)C)S(=O)(=O)c1cccc(-c2nn(C)c(=NC3CCCCC3)s2)c1Cl. The van der Waals surface area contributed by atoms with E-state index in [0.29, 0.717) is 23.2 Å². The maximum Gasteiger partial charge on any atom is 0.244 e. The lowest BCUT2D eigenvalue weighted by molar-refractivity contribution is 0.115. The summed E-state index contributed by atoms with van der Waals surface area (Å²) in [6.07, 6.45) is 5.05. The van der Waals surface area contributed by atoms with Crippen molar-refractivity contribution in [3.63, 3.8) is 0 Å². The van der Waals surface area contributed by atoms with Crippen LogP contribution in [0.15, 0.2) is 28.1 Å². The number of nitrogens with zero attached hydrogens (tertiary/aromatic N) is 5. The lowest BCUT2D eigenvalue weighted by Crippen LogP contribution is -2.41. The van der Waals surface area contributed by atoms with E-state index >= 15 is 0 Å². The summed E-state index contributed by atoms with van der Waals surface area (Å²) in [6, 6.07) is 5.27. The molecular formula is C22H34ClN5O3S2. The molecule has 1 N–H and O–H groups in total. The van der Waals surface area contributed by atoms with Crippen molar-refractivity contribution in [1.29, 1.82) is 0 Å². The fraction of sp³-hybridized carbons (Fsp3) is 0.636. The minimum absolute atomic E-state index is 0.00576. The number of aliphatic hydroxyl groups excluding tert-OH is 1. The van der Waals surface area contributed by atoms with E-state index in [1.165, 1.54) is 41.0 Å². The van der Waals surface area contributed by atoms with Gasteiger partial charge in [-0.15, -0.1) is 0 Å². The summed E-state index contributed by atoms with van der Waals surface area (Å²) in [7, 11) is 1.61. The van der Waals surface area contributed by atoms with Gasteiger partial charge in [0.1, 0.15) is 9.90 Å². The largest absolute Gasteiger partial charge is 0.390 e. The van der Waals surface area contributed by atoms with Crippen LogP contribution in [-0.2, 0) is 17.1 Å². The van der Waals surface area contributed by atoms with Gasteiger partial charge in [-0.05, 0) is 33.0 Å². The van der Waals surface area contributed by atoms with Crippen LogP contribution in [0.25, 0.3) is 10.6 Å². The number of halogens is 1. The number of rotatable bonds is 9. The van der Waals surface area contributed by atoms with Gasteiger partial charge < -0.3 is 10.0 Å². The minimum Gasteiger partial charge on any atom is -0.390 e. The van der Waals surface area contributed by atoms with Crippen molar-refractivity contribution in [2.24, 2.45) is 12.0 Å². The van der Waals surface area contributed by atoms with Crippen molar-refractivity contribution in [3.05, 3.63) is 28.0 Å². The fourth-order valence-electron chi connectivity index (χ4n) is 4.06. The van der Waals surface area contributed by atoms with Crippen LogP contribution in [0.1, 0.15) is 39.0 Å². The molecule has 0 radical (unpaired) electrons. The molecule has 1 heterocycles. The van der Waals surface area contributed by atoms with Crippen molar-refractivity contribution in [2.75, 3.05) is 33.7 Å². The zero-order chi connectivity index (χ0) is 24.2. The van der Waals surface area contributed by atoms with Crippen molar-refractivity contribution >= 4 is 33.0 Å². The van der Waals surface area contributed by atoms with Crippen LogP contribution in [0.4, 0.5) is 0 Å². The van der Waals surface area contributed by atoms with Crippen molar-refractivity contribution in [2.45, 2.75) is 56.1 Å². The molecule has 1 atom stereocenters. The molecule has 0 spiro atoms. The first-order chi connectivity index (χ1) is 15.6. The Bertz CT molecular complexity index is 1110. The van der Waals surface area contributed by atoms with Gasteiger partial charge in [0, 0.05) is 32.2 Å². The van der Waals surface area contributed by atoms with Crippen LogP contribution in [-0.4, -0.2) is 78.4 Å². The lowest BCUT2D eigenvalue weighted by atomic mass is 9.96. The predicted octanol–water partition coefficient (Wildman–Crippen LogP) is 2.97. The number of aryl methyl sites for hydroxylation is 1. The zero-order valence-electron chi connectivity index (χ0n) is 19.7. The summed E-state index contributed by atoms with van der Waals surface area (Å²) >= 11 is 8.07. The van der Waals surface area contributed by atoms with Gasteiger partial charge in [-0.1, -0.05) is 61.3 Å². The highest BCUT2D eigenvalue weighted by atomic mass is 35.5. The number of aromatic nitrogens is 2.